The minimum atomic E-state index is 0.0683. The maximum absolute atomic E-state index is 11.7. The van der Waals surface area contributed by atoms with Crippen molar-refractivity contribution in [2.75, 3.05) is 25.0 Å². The molecular formula is C13H18BrN3O. The van der Waals surface area contributed by atoms with Crippen LogP contribution in [0.4, 0.5) is 5.82 Å². The molecule has 1 aromatic heterocycles. The van der Waals surface area contributed by atoms with Crippen LogP contribution in [0.2, 0.25) is 0 Å². The van der Waals surface area contributed by atoms with Crippen molar-refractivity contribution in [1.29, 1.82) is 0 Å². The van der Waals surface area contributed by atoms with E-state index in [9.17, 15) is 4.79 Å². The number of piperidine rings is 1. The molecule has 0 radical (unpaired) electrons. The Hall–Kier alpha value is -1.10. The zero-order valence-electron chi connectivity index (χ0n) is 10.7. The number of anilines is 1. The quantitative estimate of drug-likeness (QED) is 0.910. The van der Waals surface area contributed by atoms with Gasteiger partial charge in [-0.25, -0.2) is 4.98 Å². The maximum Gasteiger partial charge on any atom is 0.224 e. The van der Waals surface area contributed by atoms with Crippen molar-refractivity contribution >= 4 is 27.7 Å². The molecule has 0 aromatic carbocycles. The molecule has 1 atom stereocenters. The Kier molecular flexibility index (Phi) is 4.22. The van der Waals surface area contributed by atoms with Gasteiger partial charge in [-0.05, 0) is 47.3 Å². The topological polar surface area (TPSA) is 45.2 Å². The number of hydrogen-bond acceptors (Lipinski definition) is 3. The number of pyridine rings is 1. The van der Waals surface area contributed by atoms with Crippen molar-refractivity contribution in [3.63, 3.8) is 0 Å². The highest BCUT2D eigenvalue weighted by Crippen LogP contribution is 2.28. The van der Waals surface area contributed by atoms with Crippen molar-refractivity contribution in [3.8, 4) is 0 Å². The monoisotopic (exact) mass is 311 g/mol. The van der Waals surface area contributed by atoms with Crippen LogP contribution in [-0.4, -0.2) is 31.0 Å². The molecule has 5 heteroatoms. The van der Waals surface area contributed by atoms with E-state index >= 15 is 0 Å². The van der Waals surface area contributed by atoms with Gasteiger partial charge >= 0.3 is 0 Å². The molecule has 0 bridgehead atoms. The fourth-order valence-corrected chi connectivity index (χ4v) is 3.06. The van der Waals surface area contributed by atoms with Crippen molar-refractivity contribution in [1.82, 2.24) is 10.3 Å². The van der Waals surface area contributed by atoms with Crippen LogP contribution in [0.5, 0.6) is 0 Å². The number of nitrogens with one attached hydrogen (secondary N) is 1. The summed E-state index contributed by atoms with van der Waals surface area (Å²) in [6.07, 6.45) is 3.85. The SMILES string of the molecule is CNC(=O)C1CCCN(c2ncc(C)cc2Br)C1. The van der Waals surface area contributed by atoms with E-state index in [1.165, 1.54) is 0 Å². The molecule has 18 heavy (non-hydrogen) atoms. The van der Waals surface area contributed by atoms with Crippen LogP contribution in [0.25, 0.3) is 0 Å². The van der Waals surface area contributed by atoms with Gasteiger partial charge in [-0.3, -0.25) is 4.79 Å². The molecule has 0 saturated carbocycles. The average molecular weight is 312 g/mol. The second-order valence-corrected chi connectivity index (χ2v) is 5.57. The number of halogens is 1. The first kappa shape index (κ1) is 13.3. The van der Waals surface area contributed by atoms with Gasteiger partial charge in [0.05, 0.1) is 10.4 Å². The van der Waals surface area contributed by atoms with Crippen LogP contribution in [0.15, 0.2) is 16.7 Å². The minimum absolute atomic E-state index is 0.0683. The summed E-state index contributed by atoms with van der Waals surface area (Å²) >= 11 is 3.55. The highest BCUT2D eigenvalue weighted by molar-refractivity contribution is 9.10. The second-order valence-electron chi connectivity index (χ2n) is 4.72. The summed E-state index contributed by atoms with van der Waals surface area (Å²) in [6, 6.07) is 2.06. The van der Waals surface area contributed by atoms with Gasteiger partial charge in [-0.1, -0.05) is 0 Å². The molecule has 0 spiro atoms. The minimum Gasteiger partial charge on any atom is -0.359 e. The van der Waals surface area contributed by atoms with Crippen LogP contribution >= 0.6 is 15.9 Å². The van der Waals surface area contributed by atoms with E-state index in [0.717, 1.165) is 41.8 Å². The van der Waals surface area contributed by atoms with Gasteiger partial charge in [0.2, 0.25) is 5.91 Å². The molecule has 1 aromatic rings. The van der Waals surface area contributed by atoms with Crippen molar-refractivity contribution in [3.05, 3.63) is 22.3 Å². The Bertz CT molecular complexity index is 450. The zero-order valence-corrected chi connectivity index (χ0v) is 12.3. The number of rotatable bonds is 2. The second kappa shape index (κ2) is 5.69. The number of nitrogens with zero attached hydrogens (tertiary/aromatic N) is 2. The van der Waals surface area contributed by atoms with Gasteiger partial charge < -0.3 is 10.2 Å². The predicted molar refractivity (Wildman–Crippen MR) is 75.7 cm³/mol. The van der Waals surface area contributed by atoms with Gasteiger partial charge in [-0.2, -0.15) is 0 Å². The molecule has 98 valence electrons. The van der Waals surface area contributed by atoms with Gasteiger partial charge in [0, 0.05) is 26.3 Å². The zero-order chi connectivity index (χ0) is 13.1. The van der Waals surface area contributed by atoms with E-state index in [0.29, 0.717) is 0 Å². The molecule has 1 aliphatic rings. The third-order valence-corrected chi connectivity index (χ3v) is 3.88. The molecule has 1 amide bonds. The van der Waals surface area contributed by atoms with E-state index in [1.807, 2.05) is 13.1 Å². The lowest BCUT2D eigenvalue weighted by Gasteiger charge is -2.33. The number of carbonyl (C=O) groups is 1. The normalized spacial score (nSPS) is 19.7. The lowest BCUT2D eigenvalue weighted by Crippen LogP contribution is -2.42. The molecule has 1 unspecified atom stereocenters. The van der Waals surface area contributed by atoms with Crippen LogP contribution < -0.4 is 10.2 Å². The molecule has 4 nitrogen and oxygen atoms in total. The largest absolute Gasteiger partial charge is 0.359 e. The lowest BCUT2D eigenvalue weighted by molar-refractivity contribution is -0.124. The van der Waals surface area contributed by atoms with Crippen LogP contribution in [-0.2, 0) is 4.79 Å². The van der Waals surface area contributed by atoms with Gasteiger partial charge in [-0.15, -0.1) is 0 Å². The molecule has 1 fully saturated rings. The molecule has 1 saturated heterocycles. The first-order valence-corrected chi connectivity index (χ1v) is 7.00. The summed E-state index contributed by atoms with van der Waals surface area (Å²) in [5, 5.41) is 2.73. The number of aromatic nitrogens is 1. The predicted octanol–water partition coefficient (Wildman–Crippen LogP) is 2.11. The summed E-state index contributed by atoms with van der Waals surface area (Å²) in [4.78, 5) is 18.4. The number of amides is 1. The summed E-state index contributed by atoms with van der Waals surface area (Å²) in [5.41, 5.74) is 1.13. The van der Waals surface area contributed by atoms with Gasteiger partial charge in [0.25, 0.3) is 0 Å². The lowest BCUT2D eigenvalue weighted by atomic mass is 9.97. The molecule has 0 aliphatic carbocycles. The van der Waals surface area contributed by atoms with Crippen LogP contribution in [0.3, 0.4) is 0 Å². The molecule has 1 aliphatic heterocycles. The first-order valence-electron chi connectivity index (χ1n) is 6.20. The standard InChI is InChI=1S/C13H18BrN3O/c1-9-6-11(14)12(16-7-9)17-5-3-4-10(8-17)13(18)15-2/h6-7,10H,3-5,8H2,1-2H3,(H,15,18). The first-order chi connectivity index (χ1) is 8.61. The van der Waals surface area contributed by atoms with E-state index in [-0.39, 0.29) is 11.8 Å². The van der Waals surface area contributed by atoms with Gasteiger partial charge in [0.15, 0.2) is 0 Å². The van der Waals surface area contributed by atoms with Gasteiger partial charge in [0.1, 0.15) is 5.82 Å². The summed E-state index contributed by atoms with van der Waals surface area (Å²) in [7, 11) is 1.70. The molecule has 2 heterocycles. The molecule has 1 N–H and O–H groups in total. The van der Waals surface area contributed by atoms with E-state index < -0.39 is 0 Å². The average Bonchev–Trinajstić information content (AvgIpc) is 2.38. The van der Waals surface area contributed by atoms with Crippen molar-refractivity contribution < 1.29 is 4.79 Å². The Morgan fingerprint density at radius 2 is 2.39 bits per heavy atom. The van der Waals surface area contributed by atoms with Crippen molar-refractivity contribution in [2.24, 2.45) is 5.92 Å². The summed E-state index contributed by atoms with van der Waals surface area (Å²) < 4.78 is 1.00. The summed E-state index contributed by atoms with van der Waals surface area (Å²) in [6.45, 7) is 3.72. The van der Waals surface area contributed by atoms with Crippen LogP contribution in [0, 0.1) is 12.8 Å². The number of hydrogen-bond donors (Lipinski definition) is 1. The fraction of sp³-hybridized carbons (Fsp3) is 0.538. The Labute approximate surface area is 116 Å². The third-order valence-electron chi connectivity index (χ3n) is 3.30. The smallest absolute Gasteiger partial charge is 0.224 e. The fourth-order valence-electron chi connectivity index (χ4n) is 2.35. The maximum atomic E-state index is 11.7. The van der Waals surface area contributed by atoms with E-state index in [2.05, 4.69) is 37.2 Å². The number of carbonyl (C=O) groups excluding carboxylic acids is 1. The highest BCUT2D eigenvalue weighted by atomic mass is 79.9. The number of aryl methyl sites for hydroxylation is 1. The van der Waals surface area contributed by atoms with Crippen molar-refractivity contribution in [2.45, 2.75) is 19.8 Å². The summed E-state index contributed by atoms with van der Waals surface area (Å²) in [5.74, 6) is 1.14. The third kappa shape index (κ3) is 2.83. The van der Waals surface area contributed by atoms with E-state index in [1.54, 1.807) is 7.05 Å². The Balaban J connectivity index is 2.15. The van der Waals surface area contributed by atoms with E-state index in [4.69, 9.17) is 0 Å². The highest BCUT2D eigenvalue weighted by Gasteiger charge is 2.26. The molecule has 2 rings (SSSR count). The Morgan fingerprint density at radius 1 is 1.61 bits per heavy atom. The van der Waals surface area contributed by atoms with Crippen LogP contribution in [0.1, 0.15) is 18.4 Å². The Morgan fingerprint density at radius 3 is 3.06 bits per heavy atom. The molecular weight excluding hydrogens is 294 g/mol.